The fourth-order valence-corrected chi connectivity index (χ4v) is 3.09. The molecule has 0 radical (unpaired) electrons. The molecular weight excluding hydrogens is 326 g/mol. The molecule has 0 spiro atoms. The van der Waals surface area contributed by atoms with Gasteiger partial charge in [-0.3, -0.25) is 9.59 Å². The molecule has 136 valence electrons. The average molecular weight is 351 g/mol. The van der Waals surface area contributed by atoms with Crippen molar-refractivity contribution < 1.29 is 9.59 Å². The second kappa shape index (κ2) is 7.70. The number of hydrogen-bond donors (Lipinski definition) is 3. The SMILES string of the molecule is Cc1ccc(NC(=O)[C@H](C)NC(=O)[C@H]2Cc3ccccc3CN2)cc1C. The van der Waals surface area contributed by atoms with Crippen molar-refractivity contribution in [2.24, 2.45) is 0 Å². The number of carbonyl (C=O) groups is 2. The number of nitrogens with one attached hydrogen (secondary N) is 3. The van der Waals surface area contributed by atoms with E-state index in [1.165, 1.54) is 16.7 Å². The van der Waals surface area contributed by atoms with Crippen molar-refractivity contribution in [2.75, 3.05) is 5.32 Å². The standard InChI is InChI=1S/C21H25N3O2/c1-13-8-9-18(10-14(13)2)24-20(25)15(3)23-21(26)19-11-16-6-4-5-7-17(16)12-22-19/h4-10,15,19,22H,11-12H2,1-3H3,(H,23,26)(H,24,25)/t15-,19+/m0/s1. The van der Waals surface area contributed by atoms with Crippen molar-refractivity contribution in [1.82, 2.24) is 10.6 Å². The predicted octanol–water partition coefficient (Wildman–Crippen LogP) is 2.46. The topological polar surface area (TPSA) is 70.2 Å². The van der Waals surface area contributed by atoms with E-state index in [1.54, 1.807) is 6.92 Å². The van der Waals surface area contributed by atoms with Crippen LogP contribution >= 0.6 is 0 Å². The highest BCUT2D eigenvalue weighted by molar-refractivity contribution is 5.97. The van der Waals surface area contributed by atoms with Crippen molar-refractivity contribution >= 4 is 17.5 Å². The molecule has 0 bridgehead atoms. The summed E-state index contributed by atoms with van der Waals surface area (Å²) in [6, 6.07) is 12.9. The van der Waals surface area contributed by atoms with E-state index in [0.717, 1.165) is 11.3 Å². The summed E-state index contributed by atoms with van der Waals surface area (Å²) < 4.78 is 0. The second-order valence-electron chi connectivity index (χ2n) is 6.92. The maximum absolute atomic E-state index is 12.5. The smallest absolute Gasteiger partial charge is 0.246 e. The van der Waals surface area contributed by atoms with Crippen LogP contribution in [0, 0.1) is 13.8 Å². The highest BCUT2D eigenvalue weighted by atomic mass is 16.2. The van der Waals surface area contributed by atoms with E-state index in [0.29, 0.717) is 13.0 Å². The number of carbonyl (C=O) groups excluding carboxylic acids is 2. The molecule has 3 rings (SSSR count). The van der Waals surface area contributed by atoms with Gasteiger partial charge in [0.1, 0.15) is 6.04 Å². The van der Waals surface area contributed by atoms with E-state index < -0.39 is 6.04 Å². The fraction of sp³-hybridized carbons (Fsp3) is 0.333. The summed E-state index contributed by atoms with van der Waals surface area (Å²) in [5.74, 6) is -0.375. The van der Waals surface area contributed by atoms with Gasteiger partial charge in [-0.15, -0.1) is 0 Å². The van der Waals surface area contributed by atoms with Crippen molar-refractivity contribution in [3.05, 3.63) is 64.7 Å². The molecule has 0 saturated carbocycles. The minimum absolute atomic E-state index is 0.151. The minimum Gasteiger partial charge on any atom is -0.343 e. The van der Waals surface area contributed by atoms with Crippen molar-refractivity contribution in [3.8, 4) is 0 Å². The van der Waals surface area contributed by atoms with Gasteiger partial charge in [-0.05, 0) is 61.6 Å². The van der Waals surface area contributed by atoms with Crippen molar-refractivity contribution in [3.63, 3.8) is 0 Å². The van der Waals surface area contributed by atoms with Gasteiger partial charge in [0.25, 0.3) is 0 Å². The van der Waals surface area contributed by atoms with Crippen LogP contribution in [0.5, 0.6) is 0 Å². The maximum atomic E-state index is 12.5. The summed E-state index contributed by atoms with van der Waals surface area (Å²) in [7, 11) is 0. The zero-order chi connectivity index (χ0) is 18.7. The van der Waals surface area contributed by atoms with E-state index in [9.17, 15) is 9.59 Å². The van der Waals surface area contributed by atoms with Gasteiger partial charge >= 0.3 is 0 Å². The summed E-state index contributed by atoms with van der Waals surface area (Å²) in [6.45, 7) is 6.39. The summed E-state index contributed by atoms with van der Waals surface area (Å²) in [4.78, 5) is 24.9. The highest BCUT2D eigenvalue weighted by Crippen LogP contribution is 2.17. The molecule has 2 aromatic rings. The molecular formula is C21H25N3O2. The molecule has 0 aliphatic carbocycles. The Balaban J connectivity index is 1.57. The van der Waals surface area contributed by atoms with Crippen LogP contribution in [-0.2, 0) is 22.6 Å². The molecule has 5 nitrogen and oxygen atoms in total. The van der Waals surface area contributed by atoms with E-state index in [-0.39, 0.29) is 17.9 Å². The molecule has 1 heterocycles. The zero-order valence-electron chi connectivity index (χ0n) is 15.4. The van der Waals surface area contributed by atoms with Gasteiger partial charge < -0.3 is 16.0 Å². The molecule has 26 heavy (non-hydrogen) atoms. The Labute approximate surface area is 154 Å². The monoisotopic (exact) mass is 351 g/mol. The van der Waals surface area contributed by atoms with Gasteiger partial charge in [0, 0.05) is 12.2 Å². The lowest BCUT2D eigenvalue weighted by molar-refractivity contribution is -0.127. The summed E-state index contributed by atoms with van der Waals surface area (Å²) >= 11 is 0. The molecule has 0 aromatic heterocycles. The molecule has 2 aromatic carbocycles. The molecule has 0 unspecified atom stereocenters. The third-order valence-corrected chi connectivity index (χ3v) is 4.92. The van der Waals surface area contributed by atoms with Crippen molar-refractivity contribution in [1.29, 1.82) is 0 Å². The molecule has 0 fully saturated rings. The van der Waals surface area contributed by atoms with Gasteiger partial charge in [-0.1, -0.05) is 30.3 Å². The Morgan fingerprint density at radius 1 is 1.08 bits per heavy atom. The van der Waals surface area contributed by atoms with Crippen LogP contribution in [0.25, 0.3) is 0 Å². The van der Waals surface area contributed by atoms with Crippen LogP contribution in [-0.4, -0.2) is 23.9 Å². The lowest BCUT2D eigenvalue weighted by Gasteiger charge is -2.26. The van der Waals surface area contributed by atoms with E-state index in [2.05, 4.69) is 22.0 Å². The van der Waals surface area contributed by atoms with Crippen LogP contribution in [0.15, 0.2) is 42.5 Å². The van der Waals surface area contributed by atoms with Crippen LogP contribution in [0.2, 0.25) is 0 Å². The number of anilines is 1. The van der Waals surface area contributed by atoms with E-state index in [4.69, 9.17) is 0 Å². The van der Waals surface area contributed by atoms with Gasteiger partial charge in [-0.2, -0.15) is 0 Å². The molecule has 1 aliphatic rings. The zero-order valence-corrected chi connectivity index (χ0v) is 15.4. The first-order valence-corrected chi connectivity index (χ1v) is 8.92. The van der Waals surface area contributed by atoms with E-state index in [1.807, 2.05) is 50.2 Å². The highest BCUT2D eigenvalue weighted by Gasteiger charge is 2.26. The predicted molar refractivity (Wildman–Crippen MR) is 103 cm³/mol. The number of rotatable bonds is 4. The lowest BCUT2D eigenvalue weighted by Crippen LogP contribution is -2.52. The summed E-state index contributed by atoms with van der Waals surface area (Å²) in [6.07, 6.45) is 0.632. The minimum atomic E-state index is -0.608. The molecule has 0 saturated heterocycles. The average Bonchev–Trinajstić information content (AvgIpc) is 2.64. The number of aryl methyl sites for hydroxylation is 2. The Hall–Kier alpha value is -2.66. The first-order chi connectivity index (χ1) is 12.4. The number of benzene rings is 2. The van der Waals surface area contributed by atoms with E-state index >= 15 is 0 Å². The first kappa shape index (κ1) is 18.1. The van der Waals surface area contributed by atoms with Crippen LogP contribution in [0.1, 0.15) is 29.2 Å². The molecule has 5 heteroatoms. The first-order valence-electron chi connectivity index (χ1n) is 8.92. The van der Waals surface area contributed by atoms with Crippen LogP contribution < -0.4 is 16.0 Å². The van der Waals surface area contributed by atoms with Crippen molar-refractivity contribution in [2.45, 2.75) is 45.8 Å². The Morgan fingerprint density at radius 3 is 2.54 bits per heavy atom. The summed E-state index contributed by atoms with van der Waals surface area (Å²) in [5.41, 5.74) is 5.43. The maximum Gasteiger partial charge on any atom is 0.246 e. The van der Waals surface area contributed by atoms with Gasteiger partial charge in [-0.25, -0.2) is 0 Å². The summed E-state index contributed by atoms with van der Waals surface area (Å²) in [5, 5.41) is 8.91. The van der Waals surface area contributed by atoms with Gasteiger partial charge in [0.2, 0.25) is 11.8 Å². The quantitative estimate of drug-likeness (QED) is 0.792. The normalized spacial score (nSPS) is 17.1. The molecule has 3 N–H and O–H groups in total. The largest absolute Gasteiger partial charge is 0.343 e. The number of hydrogen-bond acceptors (Lipinski definition) is 3. The lowest BCUT2D eigenvalue weighted by atomic mass is 9.95. The number of fused-ring (bicyclic) bond motifs is 1. The van der Waals surface area contributed by atoms with Crippen LogP contribution in [0.3, 0.4) is 0 Å². The van der Waals surface area contributed by atoms with Gasteiger partial charge in [0.05, 0.1) is 6.04 Å². The Bertz CT molecular complexity index is 832. The fourth-order valence-electron chi connectivity index (χ4n) is 3.09. The Morgan fingerprint density at radius 2 is 1.81 bits per heavy atom. The Kier molecular flexibility index (Phi) is 5.38. The number of amides is 2. The third-order valence-electron chi connectivity index (χ3n) is 4.92. The van der Waals surface area contributed by atoms with Crippen LogP contribution in [0.4, 0.5) is 5.69 Å². The third kappa shape index (κ3) is 4.11. The van der Waals surface area contributed by atoms with Gasteiger partial charge in [0.15, 0.2) is 0 Å². The molecule has 2 amide bonds. The second-order valence-corrected chi connectivity index (χ2v) is 6.92. The molecule has 1 aliphatic heterocycles. The molecule has 2 atom stereocenters.